The molecule has 2 heterocycles. The Labute approximate surface area is 96.7 Å². The van der Waals surface area contributed by atoms with Crippen molar-refractivity contribution in [2.24, 2.45) is 0 Å². The third kappa shape index (κ3) is 2.54. The topological polar surface area (TPSA) is 72.2 Å². The summed E-state index contributed by atoms with van der Waals surface area (Å²) in [5.74, 6) is 0.0767. The van der Waals surface area contributed by atoms with E-state index in [1.165, 1.54) is 11.3 Å². The van der Waals surface area contributed by atoms with E-state index in [9.17, 15) is 4.79 Å². The largest absolute Gasteiger partial charge is 0.350 e. The van der Waals surface area contributed by atoms with Gasteiger partial charge in [0.2, 0.25) is 10.9 Å². The third-order valence-electron chi connectivity index (χ3n) is 2.12. The lowest BCUT2D eigenvalue weighted by molar-refractivity contribution is -0.121. The van der Waals surface area contributed by atoms with Crippen LogP contribution in [-0.2, 0) is 11.3 Å². The average molecular weight is 239 g/mol. The summed E-state index contributed by atoms with van der Waals surface area (Å²) in [7, 11) is 0. The maximum Gasteiger partial charge on any atom is 0.234 e. The minimum absolute atomic E-state index is 0.0767. The number of nitrogens with one attached hydrogen (secondary N) is 1. The predicted molar refractivity (Wildman–Crippen MR) is 60.0 cm³/mol. The summed E-state index contributed by atoms with van der Waals surface area (Å²) in [6.07, 6.45) is 4.09. The van der Waals surface area contributed by atoms with Crippen molar-refractivity contribution in [3.63, 3.8) is 0 Å². The van der Waals surface area contributed by atoms with Crippen molar-refractivity contribution in [3.8, 4) is 0 Å². The van der Waals surface area contributed by atoms with Crippen molar-refractivity contribution in [2.45, 2.75) is 32.7 Å². The van der Waals surface area contributed by atoms with Crippen LogP contribution in [0.25, 0.3) is 4.96 Å². The summed E-state index contributed by atoms with van der Waals surface area (Å²) in [6, 6.07) is 0. The van der Waals surface area contributed by atoms with Gasteiger partial charge in [-0.05, 0) is 6.42 Å². The number of aromatic nitrogens is 4. The van der Waals surface area contributed by atoms with E-state index in [0.717, 1.165) is 22.8 Å². The summed E-state index contributed by atoms with van der Waals surface area (Å²) in [5, 5.41) is 15.5. The van der Waals surface area contributed by atoms with Gasteiger partial charge in [0, 0.05) is 6.42 Å². The summed E-state index contributed by atoms with van der Waals surface area (Å²) in [5.41, 5.74) is 0. The molecular formula is C9H13N5OS. The monoisotopic (exact) mass is 239 g/mol. The molecule has 86 valence electrons. The summed E-state index contributed by atoms with van der Waals surface area (Å²) in [4.78, 5) is 12.1. The third-order valence-corrected chi connectivity index (χ3v) is 3.04. The molecule has 0 radical (unpaired) electrons. The van der Waals surface area contributed by atoms with Gasteiger partial charge in [-0.3, -0.25) is 4.79 Å². The van der Waals surface area contributed by atoms with Crippen molar-refractivity contribution in [1.82, 2.24) is 25.1 Å². The SMILES string of the molecule is CCCCC(=O)NCc1nn2cnnc2s1. The van der Waals surface area contributed by atoms with Crippen molar-refractivity contribution < 1.29 is 4.79 Å². The average Bonchev–Trinajstić information content (AvgIpc) is 2.83. The van der Waals surface area contributed by atoms with Crippen LogP contribution in [0.5, 0.6) is 0 Å². The Bertz CT molecular complexity index is 448. The van der Waals surface area contributed by atoms with Gasteiger partial charge in [0.05, 0.1) is 6.54 Å². The van der Waals surface area contributed by atoms with Gasteiger partial charge in [0.15, 0.2) is 0 Å². The van der Waals surface area contributed by atoms with E-state index < -0.39 is 0 Å². The number of carbonyl (C=O) groups is 1. The molecule has 16 heavy (non-hydrogen) atoms. The van der Waals surface area contributed by atoms with Gasteiger partial charge in [-0.15, -0.1) is 10.2 Å². The van der Waals surface area contributed by atoms with Gasteiger partial charge >= 0.3 is 0 Å². The number of amides is 1. The predicted octanol–water partition coefficient (Wildman–Crippen LogP) is 0.992. The van der Waals surface area contributed by atoms with Crippen LogP contribution in [0.3, 0.4) is 0 Å². The first-order valence-corrected chi connectivity index (χ1v) is 6.03. The van der Waals surface area contributed by atoms with Gasteiger partial charge in [-0.1, -0.05) is 24.7 Å². The maximum absolute atomic E-state index is 11.4. The number of hydrogen-bond acceptors (Lipinski definition) is 5. The molecule has 0 spiro atoms. The molecule has 0 saturated carbocycles. The fourth-order valence-corrected chi connectivity index (χ4v) is 2.03. The highest BCUT2D eigenvalue weighted by molar-refractivity contribution is 7.16. The Balaban J connectivity index is 1.86. The van der Waals surface area contributed by atoms with Gasteiger partial charge in [-0.25, -0.2) is 0 Å². The maximum atomic E-state index is 11.4. The molecule has 1 N–H and O–H groups in total. The van der Waals surface area contributed by atoms with Crippen LogP contribution in [0.15, 0.2) is 6.33 Å². The van der Waals surface area contributed by atoms with E-state index in [1.807, 2.05) is 0 Å². The van der Waals surface area contributed by atoms with Crippen LogP contribution in [0.4, 0.5) is 0 Å². The van der Waals surface area contributed by atoms with Gasteiger partial charge in [-0.2, -0.15) is 9.61 Å². The van der Waals surface area contributed by atoms with Gasteiger partial charge in [0.25, 0.3) is 0 Å². The first-order valence-electron chi connectivity index (χ1n) is 5.22. The van der Waals surface area contributed by atoms with E-state index >= 15 is 0 Å². The van der Waals surface area contributed by atoms with E-state index in [-0.39, 0.29) is 5.91 Å². The normalized spacial score (nSPS) is 10.8. The van der Waals surface area contributed by atoms with Crippen molar-refractivity contribution >= 4 is 22.2 Å². The molecule has 0 fully saturated rings. The molecule has 0 atom stereocenters. The minimum atomic E-state index is 0.0767. The second kappa shape index (κ2) is 5.02. The van der Waals surface area contributed by atoms with Gasteiger partial charge in [0.1, 0.15) is 11.3 Å². The first-order chi connectivity index (χ1) is 7.79. The molecule has 6 nitrogen and oxygen atoms in total. The molecule has 0 unspecified atom stereocenters. The number of rotatable bonds is 5. The molecular weight excluding hydrogens is 226 g/mol. The zero-order chi connectivity index (χ0) is 11.4. The molecule has 7 heteroatoms. The fraction of sp³-hybridized carbons (Fsp3) is 0.556. The van der Waals surface area contributed by atoms with Crippen LogP contribution in [-0.4, -0.2) is 25.7 Å². The first kappa shape index (κ1) is 11.0. The van der Waals surface area contributed by atoms with E-state index in [2.05, 4.69) is 27.5 Å². The summed E-state index contributed by atoms with van der Waals surface area (Å²) < 4.78 is 1.61. The number of nitrogens with zero attached hydrogens (tertiary/aromatic N) is 4. The Morgan fingerprint density at radius 3 is 3.25 bits per heavy atom. The highest BCUT2D eigenvalue weighted by atomic mass is 32.1. The lowest BCUT2D eigenvalue weighted by Crippen LogP contribution is -2.22. The van der Waals surface area contributed by atoms with E-state index in [1.54, 1.807) is 10.8 Å². The van der Waals surface area contributed by atoms with Crippen LogP contribution in [0, 0.1) is 0 Å². The Morgan fingerprint density at radius 2 is 2.50 bits per heavy atom. The van der Waals surface area contributed by atoms with Crippen LogP contribution >= 0.6 is 11.3 Å². The highest BCUT2D eigenvalue weighted by Gasteiger charge is 2.06. The molecule has 2 aromatic heterocycles. The fourth-order valence-electron chi connectivity index (χ4n) is 1.27. The summed E-state index contributed by atoms with van der Waals surface area (Å²) >= 11 is 1.43. The molecule has 0 bridgehead atoms. The molecule has 2 aromatic rings. The number of fused-ring (bicyclic) bond motifs is 1. The van der Waals surface area contributed by atoms with E-state index in [0.29, 0.717) is 13.0 Å². The second-order valence-electron chi connectivity index (χ2n) is 3.43. The van der Waals surface area contributed by atoms with Crippen LogP contribution in [0.1, 0.15) is 31.2 Å². The van der Waals surface area contributed by atoms with Crippen LogP contribution < -0.4 is 5.32 Å². The quantitative estimate of drug-likeness (QED) is 0.844. The van der Waals surface area contributed by atoms with Crippen LogP contribution in [0.2, 0.25) is 0 Å². The molecule has 2 rings (SSSR count). The summed E-state index contributed by atoms with van der Waals surface area (Å²) in [6.45, 7) is 2.53. The van der Waals surface area contributed by atoms with Crippen molar-refractivity contribution in [1.29, 1.82) is 0 Å². The lowest BCUT2D eigenvalue weighted by atomic mass is 10.2. The highest BCUT2D eigenvalue weighted by Crippen LogP contribution is 2.10. The Morgan fingerprint density at radius 1 is 1.62 bits per heavy atom. The molecule has 0 saturated heterocycles. The minimum Gasteiger partial charge on any atom is -0.350 e. The second-order valence-corrected chi connectivity index (χ2v) is 4.47. The van der Waals surface area contributed by atoms with E-state index in [4.69, 9.17) is 0 Å². The van der Waals surface area contributed by atoms with Gasteiger partial charge < -0.3 is 5.32 Å². The molecule has 0 aliphatic carbocycles. The number of carbonyl (C=O) groups excluding carboxylic acids is 1. The molecule has 0 aliphatic heterocycles. The Kier molecular flexibility index (Phi) is 3.45. The smallest absolute Gasteiger partial charge is 0.234 e. The molecule has 0 aromatic carbocycles. The number of unbranched alkanes of at least 4 members (excludes halogenated alkanes) is 1. The zero-order valence-corrected chi connectivity index (χ0v) is 9.83. The molecule has 0 aliphatic rings. The van der Waals surface area contributed by atoms with Crippen molar-refractivity contribution in [2.75, 3.05) is 0 Å². The standard InChI is InChI=1S/C9H13N5OS/c1-2-3-4-7(15)10-5-8-13-14-6-11-12-9(14)16-8/h6H,2-5H2,1H3,(H,10,15). The zero-order valence-electron chi connectivity index (χ0n) is 9.01. The Hall–Kier alpha value is -1.50. The molecule has 1 amide bonds. The lowest BCUT2D eigenvalue weighted by Gasteiger charge is -2.00. The van der Waals surface area contributed by atoms with Crippen molar-refractivity contribution in [3.05, 3.63) is 11.3 Å². The number of hydrogen-bond donors (Lipinski definition) is 1.